The number of aromatic nitrogens is 2. The Labute approximate surface area is 103 Å². The molecule has 0 amide bonds. The molecule has 1 fully saturated rings. The van der Waals surface area contributed by atoms with E-state index in [1.807, 2.05) is 6.20 Å². The molecule has 0 radical (unpaired) electrons. The predicted molar refractivity (Wildman–Crippen MR) is 67.8 cm³/mol. The Morgan fingerprint density at radius 2 is 2.53 bits per heavy atom. The second-order valence-corrected chi connectivity index (χ2v) is 4.76. The van der Waals surface area contributed by atoms with Crippen LogP contribution in [0.3, 0.4) is 0 Å². The molecule has 0 aromatic carbocycles. The van der Waals surface area contributed by atoms with Crippen molar-refractivity contribution < 1.29 is 4.74 Å². The predicted octanol–water partition coefficient (Wildman–Crippen LogP) is 1.81. The minimum absolute atomic E-state index is 0.686. The van der Waals surface area contributed by atoms with Crippen LogP contribution in [0.1, 0.15) is 31.9 Å². The van der Waals surface area contributed by atoms with E-state index >= 15 is 0 Å². The number of rotatable bonds is 6. The van der Waals surface area contributed by atoms with Crippen molar-refractivity contribution in [3.05, 3.63) is 18.0 Å². The van der Waals surface area contributed by atoms with E-state index in [4.69, 9.17) is 4.74 Å². The van der Waals surface area contributed by atoms with Crippen LogP contribution in [0, 0.1) is 5.92 Å². The van der Waals surface area contributed by atoms with Crippen LogP contribution in [0.4, 0.5) is 0 Å². The largest absolute Gasteiger partial charge is 0.381 e. The topological polar surface area (TPSA) is 39.1 Å². The van der Waals surface area contributed by atoms with E-state index in [1.54, 1.807) is 0 Å². The van der Waals surface area contributed by atoms with Gasteiger partial charge in [-0.1, -0.05) is 6.92 Å². The highest BCUT2D eigenvalue weighted by molar-refractivity contribution is 4.99. The minimum Gasteiger partial charge on any atom is -0.381 e. The fourth-order valence-electron chi connectivity index (χ4n) is 2.30. The number of nitrogens with one attached hydrogen (secondary N) is 1. The Bertz CT molecular complexity index is 318. The third-order valence-electron chi connectivity index (χ3n) is 3.23. The molecule has 4 heteroatoms. The van der Waals surface area contributed by atoms with E-state index < -0.39 is 0 Å². The van der Waals surface area contributed by atoms with E-state index in [0.29, 0.717) is 5.92 Å². The maximum atomic E-state index is 5.47. The van der Waals surface area contributed by atoms with Gasteiger partial charge in [-0.3, -0.25) is 4.68 Å². The number of nitrogens with zero attached hydrogens (tertiary/aromatic N) is 2. The second-order valence-electron chi connectivity index (χ2n) is 4.76. The molecule has 0 aliphatic carbocycles. The van der Waals surface area contributed by atoms with Crippen molar-refractivity contribution in [2.45, 2.75) is 39.3 Å². The standard InChI is InChI=1S/C13H23N3O/c1-2-7-16-13(5-6-15-16)10-14-9-12-4-3-8-17-11-12/h5-6,12,14H,2-4,7-11H2,1H3. The summed E-state index contributed by atoms with van der Waals surface area (Å²) in [6, 6.07) is 2.10. The summed E-state index contributed by atoms with van der Waals surface area (Å²) in [5.74, 6) is 0.686. The van der Waals surface area contributed by atoms with E-state index in [9.17, 15) is 0 Å². The van der Waals surface area contributed by atoms with E-state index in [0.717, 1.165) is 39.3 Å². The molecule has 0 bridgehead atoms. The monoisotopic (exact) mass is 237 g/mol. The zero-order chi connectivity index (χ0) is 11.9. The second kappa shape index (κ2) is 6.77. The Morgan fingerprint density at radius 1 is 1.59 bits per heavy atom. The summed E-state index contributed by atoms with van der Waals surface area (Å²) in [6.45, 7) is 7.02. The van der Waals surface area contributed by atoms with Gasteiger partial charge in [-0.2, -0.15) is 5.10 Å². The molecule has 1 aromatic heterocycles. The van der Waals surface area contributed by atoms with Gasteiger partial charge in [0, 0.05) is 32.4 Å². The first-order valence-electron chi connectivity index (χ1n) is 6.69. The molecule has 17 heavy (non-hydrogen) atoms. The molecule has 2 rings (SSSR count). The third-order valence-corrected chi connectivity index (χ3v) is 3.23. The van der Waals surface area contributed by atoms with Gasteiger partial charge in [0.2, 0.25) is 0 Å². The lowest BCUT2D eigenvalue weighted by atomic mass is 10.0. The molecule has 1 aliphatic rings. The molecule has 0 saturated carbocycles. The molecule has 4 nitrogen and oxygen atoms in total. The lowest BCUT2D eigenvalue weighted by molar-refractivity contribution is 0.0547. The number of ether oxygens (including phenoxy) is 1. The van der Waals surface area contributed by atoms with Crippen LogP contribution < -0.4 is 5.32 Å². The molecular weight excluding hydrogens is 214 g/mol. The molecular formula is C13H23N3O. The SMILES string of the molecule is CCCn1nccc1CNCC1CCCOC1. The van der Waals surface area contributed by atoms with Crippen LogP contribution in [0.5, 0.6) is 0 Å². The number of hydrogen-bond donors (Lipinski definition) is 1. The summed E-state index contributed by atoms with van der Waals surface area (Å²) >= 11 is 0. The first-order chi connectivity index (χ1) is 8.40. The van der Waals surface area contributed by atoms with Crippen molar-refractivity contribution in [2.75, 3.05) is 19.8 Å². The Hall–Kier alpha value is -0.870. The van der Waals surface area contributed by atoms with Gasteiger partial charge >= 0.3 is 0 Å². The maximum absolute atomic E-state index is 5.47. The van der Waals surface area contributed by atoms with E-state index in [1.165, 1.54) is 18.5 Å². The average Bonchev–Trinajstić information content (AvgIpc) is 2.79. The summed E-state index contributed by atoms with van der Waals surface area (Å²) in [7, 11) is 0. The fraction of sp³-hybridized carbons (Fsp3) is 0.769. The zero-order valence-electron chi connectivity index (χ0n) is 10.7. The van der Waals surface area contributed by atoms with Crippen LogP contribution in [-0.2, 0) is 17.8 Å². The lowest BCUT2D eigenvalue weighted by Crippen LogP contribution is -2.29. The van der Waals surface area contributed by atoms with Crippen molar-refractivity contribution in [1.29, 1.82) is 0 Å². The highest BCUT2D eigenvalue weighted by Gasteiger charge is 2.13. The van der Waals surface area contributed by atoms with Crippen LogP contribution in [-0.4, -0.2) is 29.5 Å². The highest BCUT2D eigenvalue weighted by Crippen LogP contribution is 2.12. The van der Waals surface area contributed by atoms with Gasteiger partial charge < -0.3 is 10.1 Å². The van der Waals surface area contributed by atoms with Gasteiger partial charge in [-0.15, -0.1) is 0 Å². The van der Waals surface area contributed by atoms with Crippen LogP contribution in [0.25, 0.3) is 0 Å². The van der Waals surface area contributed by atoms with Crippen molar-refractivity contribution in [3.8, 4) is 0 Å². The van der Waals surface area contributed by atoms with Crippen molar-refractivity contribution in [2.24, 2.45) is 5.92 Å². The maximum Gasteiger partial charge on any atom is 0.0522 e. The van der Waals surface area contributed by atoms with Gasteiger partial charge in [0.05, 0.1) is 12.3 Å². The van der Waals surface area contributed by atoms with Crippen LogP contribution in [0.2, 0.25) is 0 Å². The first-order valence-corrected chi connectivity index (χ1v) is 6.69. The Morgan fingerprint density at radius 3 is 3.29 bits per heavy atom. The number of hydrogen-bond acceptors (Lipinski definition) is 3. The number of aryl methyl sites for hydroxylation is 1. The Balaban J connectivity index is 1.71. The molecule has 1 N–H and O–H groups in total. The molecule has 1 atom stereocenters. The summed E-state index contributed by atoms with van der Waals surface area (Å²) < 4.78 is 7.56. The zero-order valence-corrected chi connectivity index (χ0v) is 10.7. The normalized spacial score (nSPS) is 20.6. The minimum atomic E-state index is 0.686. The lowest BCUT2D eigenvalue weighted by Gasteiger charge is -2.22. The molecule has 1 aliphatic heterocycles. The van der Waals surface area contributed by atoms with E-state index in [-0.39, 0.29) is 0 Å². The van der Waals surface area contributed by atoms with Gasteiger partial charge in [-0.25, -0.2) is 0 Å². The third kappa shape index (κ3) is 3.82. The molecule has 2 heterocycles. The summed E-state index contributed by atoms with van der Waals surface area (Å²) in [4.78, 5) is 0. The van der Waals surface area contributed by atoms with Crippen molar-refractivity contribution in [1.82, 2.24) is 15.1 Å². The molecule has 1 unspecified atom stereocenters. The average molecular weight is 237 g/mol. The van der Waals surface area contributed by atoms with Crippen LogP contribution in [0.15, 0.2) is 12.3 Å². The molecule has 1 aromatic rings. The van der Waals surface area contributed by atoms with Gasteiger partial charge in [-0.05, 0) is 31.2 Å². The van der Waals surface area contributed by atoms with Gasteiger partial charge in [0.1, 0.15) is 0 Å². The first kappa shape index (κ1) is 12.6. The van der Waals surface area contributed by atoms with Crippen molar-refractivity contribution in [3.63, 3.8) is 0 Å². The molecule has 1 saturated heterocycles. The smallest absolute Gasteiger partial charge is 0.0522 e. The molecule has 96 valence electrons. The fourth-order valence-corrected chi connectivity index (χ4v) is 2.30. The highest BCUT2D eigenvalue weighted by atomic mass is 16.5. The summed E-state index contributed by atoms with van der Waals surface area (Å²) in [5.41, 5.74) is 1.28. The quantitative estimate of drug-likeness (QED) is 0.820. The Kier molecular flexibility index (Phi) is 5.01. The van der Waals surface area contributed by atoms with E-state index in [2.05, 4.69) is 28.1 Å². The van der Waals surface area contributed by atoms with Gasteiger partial charge in [0.15, 0.2) is 0 Å². The van der Waals surface area contributed by atoms with Crippen LogP contribution >= 0.6 is 0 Å². The van der Waals surface area contributed by atoms with Crippen molar-refractivity contribution >= 4 is 0 Å². The molecule has 0 spiro atoms. The summed E-state index contributed by atoms with van der Waals surface area (Å²) in [5, 5.41) is 7.84. The summed E-state index contributed by atoms with van der Waals surface area (Å²) in [6.07, 6.45) is 5.52. The van der Waals surface area contributed by atoms with Gasteiger partial charge in [0.25, 0.3) is 0 Å².